The van der Waals surface area contributed by atoms with E-state index in [1.54, 1.807) is 13.8 Å². The van der Waals surface area contributed by atoms with E-state index in [9.17, 15) is 14.4 Å². The highest BCUT2D eigenvalue weighted by atomic mass is 16.5. The number of aromatic nitrogens is 5. The summed E-state index contributed by atoms with van der Waals surface area (Å²) >= 11 is 0. The second-order valence-electron chi connectivity index (χ2n) is 5.50. The first-order valence-corrected chi connectivity index (χ1v) is 7.14. The Hall–Kier alpha value is -3.17. The lowest BCUT2D eigenvalue weighted by molar-refractivity contribution is -0.116. The maximum absolute atomic E-state index is 12.3. The van der Waals surface area contributed by atoms with Crippen LogP contribution in [-0.4, -0.2) is 29.7 Å². The van der Waals surface area contributed by atoms with Crippen molar-refractivity contribution >= 4 is 22.8 Å². The molecule has 3 aromatic heterocycles. The number of fused-ring (bicyclic) bond motifs is 1. The van der Waals surface area contributed by atoms with Crippen molar-refractivity contribution in [2.45, 2.75) is 20.4 Å². The number of aryl methyl sites for hydroxylation is 3. The van der Waals surface area contributed by atoms with Crippen LogP contribution in [0.4, 0.5) is 5.69 Å². The lowest BCUT2D eigenvalue weighted by Gasteiger charge is -2.07. The number of carbonyl (C=O) groups excluding carboxylic acids is 1. The fraction of sp³-hybridized carbons (Fsp3) is 0.357. The van der Waals surface area contributed by atoms with Crippen LogP contribution in [0.3, 0.4) is 0 Å². The van der Waals surface area contributed by atoms with Crippen LogP contribution in [0.2, 0.25) is 0 Å². The van der Waals surface area contributed by atoms with Gasteiger partial charge in [-0.1, -0.05) is 5.16 Å². The molecular formula is C14H16N6O4. The molecule has 1 amide bonds. The van der Waals surface area contributed by atoms with E-state index in [-0.39, 0.29) is 23.6 Å². The van der Waals surface area contributed by atoms with Gasteiger partial charge in [-0.05, 0) is 13.8 Å². The number of anilines is 1. The topological polar surface area (TPSA) is 117 Å². The zero-order valence-electron chi connectivity index (χ0n) is 13.7. The molecule has 10 nitrogen and oxygen atoms in total. The standard InChI is InChI=1S/C14H16N6O4/c1-7-10(8(2)24-17-7)16-9(21)5-20-6-15-12-11(20)13(22)19(4)14(23)18(12)3/h6H,5H2,1-4H3,(H,16,21). The third-order valence-electron chi connectivity index (χ3n) is 3.83. The molecule has 0 spiro atoms. The predicted molar refractivity (Wildman–Crippen MR) is 84.8 cm³/mol. The first-order chi connectivity index (χ1) is 11.3. The molecule has 3 aromatic rings. The highest BCUT2D eigenvalue weighted by Gasteiger charge is 2.17. The Bertz CT molecular complexity index is 1050. The molecule has 0 unspecified atom stereocenters. The van der Waals surface area contributed by atoms with E-state index in [0.717, 1.165) is 4.57 Å². The SMILES string of the molecule is Cc1noc(C)c1NC(=O)Cn1cnc2c1c(=O)n(C)c(=O)n2C. The molecule has 0 fully saturated rings. The summed E-state index contributed by atoms with van der Waals surface area (Å²) in [5.41, 5.74) is 0.509. The minimum absolute atomic E-state index is 0.131. The molecule has 24 heavy (non-hydrogen) atoms. The summed E-state index contributed by atoms with van der Waals surface area (Å²) in [5.74, 6) is 0.134. The van der Waals surface area contributed by atoms with Gasteiger partial charge in [-0.25, -0.2) is 9.78 Å². The van der Waals surface area contributed by atoms with E-state index < -0.39 is 11.2 Å². The molecule has 1 N–H and O–H groups in total. The van der Waals surface area contributed by atoms with Crippen LogP contribution in [0.1, 0.15) is 11.5 Å². The number of nitrogens with one attached hydrogen (secondary N) is 1. The first-order valence-electron chi connectivity index (χ1n) is 7.14. The van der Waals surface area contributed by atoms with E-state index in [1.165, 1.54) is 29.6 Å². The normalized spacial score (nSPS) is 11.2. The van der Waals surface area contributed by atoms with Gasteiger partial charge in [-0.3, -0.25) is 18.7 Å². The first kappa shape index (κ1) is 15.7. The monoisotopic (exact) mass is 332 g/mol. The minimum Gasteiger partial charge on any atom is -0.359 e. The van der Waals surface area contributed by atoms with Crippen molar-refractivity contribution < 1.29 is 9.32 Å². The molecule has 0 aliphatic heterocycles. The Morgan fingerprint density at radius 2 is 1.96 bits per heavy atom. The van der Waals surface area contributed by atoms with Gasteiger partial charge >= 0.3 is 5.69 Å². The Kier molecular flexibility index (Phi) is 3.59. The molecule has 0 atom stereocenters. The van der Waals surface area contributed by atoms with Crippen molar-refractivity contribution in [3.63, 3.8) is 0 Å². The Morgan fingerprint density at radius 1 is 1.25 bits per heavy atom. The molecule has 0 aliphatic carbocycles. The van der Waals surface area contributed by atoms with Gasteiger partial charge in [0.2, 0.25) is 5.91 Å². The second-order valence-corrected chi connectivity index (χ2v) is 5.50. The quantitative estimate of drug-likeness (QED) is 0.702. The Labute approximate surface area is 135 Å². The summed E-state index contributed by atoms with van der Waals surface area (Å²) in [7, 11) is 2.90. The lowest BCUT2D eigenvalue weighted by atomic mass is 10.3. The number of imidazole rings is 1. The molecule has 0 aromatic carbocycles. The third-order valence-corrected chi connectivity index (χ3v) is 3.83. The molecule has 10 heteroatoms. The lowest BCUT2D eigenvalue weighted by Crippen LogP contribution is -2.37. The third kappa shape index (κ3) is 2.32. The van der Waals surface area contributed by atoms with Crippen LogP contribution < -0.4 is 16.6 Å². The van der Waals surface area contributed by atoms with E-state index in [4.69, 9.17) is 4.52 Å². The second kappa shape index (κ2) is 5.48. The molecule has 0 saturated heterocycles. The van der Waals surface area contributed by atoms with Gasteiger partial charge in [0.15, 0.2) is 16.9 Å². The molecule has 0 saturated carbocycles. The number of hydrogen-bond donors (Lipinski definition) is 1. The van der Waals surface area contributed by atoms with Crippen molar-refractivity contribution in [1.82, 2.24) is 23.8 Å². The molecular weight excluding hydrogens is 316 g/mol. The maximum Gasteiger partial charge on any atom is 0.332 e. The zero-order chi connectivity index (χ0) is 17.6. The van der Waals surface area contributed by atoms with Crippen LogP contribution in [0.25, 0.3) is 11.2 Å². The van der Waals surface area contributed by atoms with Gasteiger partial charge in [0.1, 0.15) is 17.9 Å². The highest BCUT2D eigenvalue weighted by Crippen LogP contribution is 2.18. The average Bonchev–Trinajstić information content (AvgIpc) is 3.09. The van der Waals surface area contributed by atoms with E-state index in [1.807, 2.05) is 0 Å². The average molecular weight is 332 g/mol. The fourth-order valence-corrected chi connectivity index (χ4v) is 2.51. The molecule has 0 radical (unpaired) electrons. The Morgan fingerprint density at radius 3 is 2.58 bits per heavy atom. The van der Waals surface area contributed by atoms with Gasteiger partial charge in [-0.15, -0.1) is 0 Å². The summed E-state index contributed by atoms with van der Waals surface area (Å²) in [4.78, 5) is 40.6. The molecule has 3 rings (SSSR count). The van der Waals surface area contributed by atoms with Crippen molar-refractivity contribution in [1.29, 1.82) is 0 Å². The zero-order valence-corrected chi connectivity index (χ0v) is 13.7. The number of carbonyl (C=O) groups is 1. The van der Waals surface area contributed by atoms with Crippen molar-refractivity contribution in [3.05, 3.63) is 38.6 Å². The van der Waals surface area contributed by atoms with Crippen molar-refractivity contribution in [2.24, 2.45) is 14.1 Å². The minimum atomic E-state index is -0.504. The maximum atomic E-state index is 12.3. The van der Waals surface area contributed by atoms with Gasteiger partial charge in [-0.2, -0.15) is 0 Å². The molecule has 0 bridgehead atoms. The van der Waals surface area contributed by atoms with E-state index in [0.29, 0.717) is 17.1 Å². The number of hydrogen-bond acceptors (Lipinski definition) is 6. The molecule has 126 valence electrons. The Balaban J connectivity index is 1.98. The smallest absolute Gasteiger partial charge is 0.332 e. The summed E-state index contributed by atoms with van der Waals surface area (Å²) in [5, 5.41) is 6.46. The van der Waals surface area contributed by atoms with Crippen LogP contribution in [0.15, 0.2) is 20.4 Å². The molecule has 3 heterocycles. The summed E-state index contributed by atoms with van der Waals surface area (Å²) in [6.07, 6.45) is 1.36. The highest BCUT2D eigenvalue weighted by molar-refractivity contribution is 5.92. The van der Waals surface area contributed by atoms with Crippen molar-refractivity contribution in [3.8, 4) is 0 Å². The number of nitrogens with zero attached hydrogens (tertiary/aromatic N) is 5. The van der Waals surface area contributed by atoms with Crippen LogP contribution in [0.5, 0.6) is 0 Å². The van der Waals surface area contributed by atoms with Crippen LogP contribution in [0, 0.1) is 13.8 Å². The number of amides is 1. The van der Waals surface area contributed by atoms with Gasteiger partial charge < -0.3 is 14.4 Å². The van der Waals surface area contributed by atoms with E-state index >= 15 is 0 Å². The van der Waals surface area contributed by atoms with Crippen LogP contribution in [-0.2, 0) is 25.4 Å². The van der Waals surface area contributed by atoms with Crippen LogP contribution >= 0.6 is 0 Å². The van der Waals surface area contributed by atoms with Crippen molar-refractivity contribution in [2.75, 3.05) is 5.32 Å². The fourth-order valence-electron chi connectivity index (χ4n) is 2.51. The predicted octanol–water partition coefficient (Wildman–Crippen LogP) is -0.323. The van der Waals surface area contributed by atoms with Gasteiger partial charge in [0.25, 0.3) is 5.56 Å². The summed E-state index contributed by atoms with van der Waals surface area (Å²) in [6.45, 7) is 3.27. The summed E-state index contributed by atoms with van der Waals surface area (Å²) in [6, 6.07) is 0. The van der Waals surface area contributed by atoms with Gasteiger partial charge in [0, 0.05) is 14.1 Å². The van der Waals surface area contributed by atoms with E-state index in [2.05, 4.69) is 15.5 Å². The largest absolute Gasteiger partial charge is 0.359 e. The molecule has 0 aliphatic rings. The summed E-state index contributed by atoms with van der Waals surface area (Å²) < 4.78 is 8.64. The van der Waals surface area contributed by atoms with Gasteiger partial charge in [0.05, 0.1) is 6.33 Å². The number of rotatable bonds is 3.